The summed E-state index contributed by atoms with van der Waals surface area (Å²) < 4.78 is 29.8. The van der Waals surface area contributed by atoms with E-state index in [2.05, 4.69) is 10.3 Å². The Labute approximate surface area is 176 Å². The number of amides is 1. The van der Waals surface area contributed by atoms with Gasteiger partial charge in [-0.05, 0) is 29.8 Å². The predicted octanol–water partition coefficient (Wildman–Crippen LogP) is 3.97. The SMILES string of the molecule is COc1cc(C(C#N)NC(=O)c2cnc(-c3ccccc3F)s2)cc(OC)c1OC. The van der Waals surface area contributed by atoms with Crippen molar-refractivity contribution < 1.29 is 23.4 Å². The van der Waals surface area contributed by atoms with Crippen LogP contribution < -0.4 is 19.5 Å². The number of benzene rings is 2. The first-order chi connectivity index (χ1) is 14.5. The lowest BCUT2D eigenvalue weighted by Gasteiger charge is -2.17. The van der Waals surface area contributed by atoms with Crippen LogP contribution in [0.15, 0.2) is 42.6 Å². The number of aromatic nitrogens is 1. The van der Waals surface area contributed by atoms with Crippen LogP contribution in [-0.4, -0.2) is 32.2 Å². The molecule has 7 nitrogen and oxygen atoms in total. The fourth-order valence-corrected chi connectivity index (χ4v) is 3.64. The Morgan fingerprint density at radius 3 is 2.40 bits per heavy atom. The average molecular weight is 427 g/mol. The van der Waals surface area contributed by atoms with E-state index in [0.29, 0.717) is 33.4 Å². The van der Waals surface area contributed by atoms with Crippen molar-refractivity contribution in [3.8, 4) is 33.9 Å². The van der Waals surface area contributed by atoms with Crippen LogP contribution in [0.25, 0.3) is 10.6 Å². The van der Waals surface area contributed by atoms with Crippen molar-refractivity contribution in [1.29, 1.82) is 5.26 Å². The minimum absolute atomic E-state index is 0.251. The van der Waals surface area contributed by atoms with Crippen LogP contribution in [0.3, 0.4) is 0 Å². The summed E-state index contributed by atoms with van der Waals surface area (Å²) >= 11 is 1.04. The molecule has 0 saturated carbocycles. The molecule has 154 valence electrons. The molecular formula is C21H18FN3O4S. The van der Waals surface area contributed by atoms with E-state index >= 15 is 0 Å². The second-order valence-electron chi connectivity index (χ2n) is 6.00. The molecule has 1 atom stereocenters. The zero-order valence-corrected chi connectivity index (χ0v) is 17.2. The Hall–Kier alpha value is -3.64. The van der Waals surface area contributed by atoms with Gasteiger partial charge in [0.25, 0.3) is 5.91 Å². The second-order valence-corrected chi connectivity index (χ2v) is 7.03. The van der Waals surface area contributed by atoms with E-state index in [4.69, 9.17) is 14.2 Å². The first-order valence-corrected chi connectivity index (χ1v) is 9.55. The van der Waals surface area contributed by atoms with Gasteiger partial charge in [-0.25, -0.2) is 9.37 Å². The minimum atomic E-state index is -0.981. The summed E-state index contributed by atoms with van der Waals surface area (Å²) in [7, 11) is 4.39. The van der Waals surface area contributed by atoms with Gasteiger partial charge in [0.2, 0.25) is 5.75 Å². The van der Waals surface area contributed by atoms with E-state index in [1.54, 1.807) is 30.3 Å². The fraction of sp³-hybridized carbons (Fsp3) is 0.190. The number of thiazole rings is 1. The lowest BCUT2D eigenvalue weighted by atomic mass is 10.1. The van der Waals surface area contributed by atoms with Crippen molar-refractivity contribution in [2.24, 2.45) is 0 Å². The zero-order valence-electron chi connectivity index (χ0n) is 16.4. The largest absolute Gasteiger partial charge is 0.493 e. The highest BCUT2D eigenvalue weighted by Crippen LogP contribution is 2.39. The third-order valence-electron chi connectivity index (χ3n) is 4.26. The van der Waals surface area contributed by atoms with E-state index in [1.807, 2.05) is 6.07 Å². The Morgan fingerprint density at radius 2 is 1.83 bits per heavy atom. The van der Waals surface area contributed by atoms with Gasteiger partial charge in [-0.1, -0.05) is 12.1 Å². The monoisotopic (exact) mass is 427 g/mol. The molecule has 0 bridgehead atoms. The molecule has 1 unspecified atom stereocenters. The maximum absolute atomic E-state index is 14.0. The van der Waals surface area contributed by atoms with Gasteiger partial charge in [-0.3, -0.25) is 4.79 Å². The van der Waals surface area contributed by atoms with E-state index in [9.17, 15) is 14.4 Å². The van der Waals surface area contributed by atoms with E-state index < -0.39 is 17.8 Å². The lowest BCUT2D eigenvalue weighted by Crippen LogP contribution is -2.27. The number of hydrogen-bond acceptors (Lipinski definition) is 7. The molecule has 0 aliphatic carbocycles. The van der Waals surface area contributed by atoms with Crippen molar-refractivity contribution in [3.63, 3.8) is 0 Å². The first kappa shape index (κ1) is 21.1. The van der Waals surface area contributed by atoms with E-state index in [-0.39, 0.29) is 4.88 Å². The molecule has 3 aromatic rings. The highest BCUT2D eigenvalue weighted by Gasteiger charge is 2.22. The van der Waals surface area contributed by atoms with Crippen LogP contribution in [0.2, 0.25) is 0 Å². The number of hydrogen-bond donors (Lipinski definition) is 1. The Bertz CT molecular complexity index is 1080. The standard InChI is InChI=1S/C21H18FN3O4S/c1-27-16-8-12(9-17(28-2)19(16)29-3)15(10-23)25-20(26)18-11-24-21(30-18)13-6-4-5-7-14(13)22/h4-9,11,15H,1-3H3,(H,25,26). The van der Waals surface area contributed by atoms with Crippen LogP contribution in [0.1, 0.15) is 21.3 Å². The number of methoxy groups -OCH3 is 3. The summed E-state index contributed by atoms with van der Waals surface area (Å²) in [6, 6.07) is 10.4. The molecule has 2 aromatic carbocycles. The number of carbonyl (C=O) groups is 1. The van der Waals surface area contributed by atoms with Crippen LogP contribution in [0.5, 0.6) is 17.2 Å². The van der Waals surface area contributed by atoms with Gasteiger partial charge in [0.15, 0.2) is 11.5 Å². The van der Waals surface area contributed by atoms with Gasteiger partial charge in [0.1, 0.15) is 21.7 Å². The summed E-state index contributed by atoms with van der Waals surface area (Å²) in [4.78, 5) is 17.1. The summed E-state index contributed by atoms with van der Waals surface area (Å²) in [5.41, 5.74) is 0.766. The van der Waals surface area contributed by atoms with Crippen LogP contribution >= 0.6 is 11.3 Å². The molecule has 3 rings (SSSR count). The third-order valence-corrected chi connectivity index (χ3v) is 5.29. The molecule has 1 N–H and O–H groups in total. The quantitative estimate of drug-likeness (QED) is 0.613. The Morgan fingerprint density at radius 1 is 1.17 bits per heavy atom. The van der Waals surface area contributed by atoms with Gasteiger partial charge in [-0.2, -0.15) is 5.26 Å². The van der Waals surface area contributed by atoms with Gasteiger partial charge < -0.3 is 19.5 Å². The van der Waals surface area contributed by atoms with Crippen LogP contribution in [0.4, 0.5) is 4.39 Å². The van der Waals surface area contributed by atoms with E-state index in [0.717, 1.165) is 11.3 Å². The number of nitrogens with zero attached hydrogens (tertiary/aromatic N) is 2. The lowest BCUT2D eigenvalue weighted by molar-refractivity contribution is 0.0949. The molecule has 9 heteroatoms. The fourth-order valence-electron chi connectivity index (χ4n) is 2.80. The maximum atomic E-state index is 14.0. The molecule has 0 aliphatic rings. The molecule has 0 fully saturated rings. The van der Waals surface area contributed by atoms with Crippen LogP contribution in [-0.2, 0) is 0 Å². The molecule has 0 saturated heterocycles. The number of ether oxygens (including phenoxy) is 3. The topological polar surface area (TPSA) is 93.5 Å². The molecule has 1 aromatic heterocycles. The second kappa shape index (κ2) is 9.24. The van der Waals surface area contributed by atoms with Crippen molar-refractivity contribution in [2.45, 2.75) is 6.04 Å². The van der Waals surface area contributed by atoms with Crippen molar-refractivity contribution in [1.82, 2.24) is 10.3 Å². The third kappa shape index (κ3) is 4.18. The Kier molecular flexibility index (Phi) is 6.49. The summed E-state index contributed by atoms with van der Waals surface area (Å²) in [5, 5.41) is 12.6. The van der Waals surface area contributed by atoms with Crippen molar-refractivity contribution >= 4 is 17.2 Å². The number of nitriles is 1. The molecule has 0 spiro atoms. The number of rotatable bonds is 7. The molecule has 0 radical (unpaired) electrons. The number of carbonyl (C=O) groups excluding carboxylic acids is 1. The average Bonchev–Trinajstić information content (AvgIpc) is 3.26. The van der Waals surface area contributed by atoms with Gasteiger partial charge >= 0.3 is 0 Å². The smallest absolute Gasteiger partial charge is 0.264 e. The highest BCUT2D eigenvalue weighted by molar-refractivity contribution is 7.16. The number of halogens is 1. The van der Waals surface area contributed by atoms with E-state index in [1.165, 1.54) is 33.6 Å². The molecule has 1 heterocycles. The summed E-state index contributed by atoms with van der Waals surface area (Å²) in [6.45, 7) is 0. The zero-order chi connectivity index (χ0) is 21.7. The summed E-state index contributed by atoms with van der Waals surface area (Å²) in [6.07, 6.45) is 1.35. The molecule has 30 heavy (non-hydrogen) atoms. The van der Waals surface area contributed by atoms with Crippen LogP contribution in [0, 0.1) is 17.1 Å². The Balaban J connectivity index is 1.86. The maximum Gasteiger partial charge on any atom is 0.264 e. The minimum Gasteiger partial charge on any atom is -0.493 e. The highest BCUT2D eigenvalue weighted by atomic mass is 32.1. The van der Waals surface area contributed by atoms with Gasteiger partial charge in [-0.15, -0.1) is 11.3 Å². The summed E-state index contributed by atoms with van der Waals surface area (Å²) in [5.74, 6) is 0.173. The van der Waals surface area contributed by atoms with Crippen molar-refractivity contribution in [3.05, 3.63) is 58.9 Å². The molecular weight excluding hydrogens is 409 g/mol. The number of nitrogens with one attached hydrogen (secondary N) is 1. The normalized spacial score (nSPS) is 11.3. The van der Waals surface area contributed by atoms with Crippen molar-refractivity contribution in [2.75, 3.05) is 21.3 Å². The molecule has 0 aliphatic heterocycles. The molecule has 1 amide bonds. The van der Waals surface area contributed by atoms with Gasteiger partial charge in [0, 0.05) is 5.56 Å². The van der Waals surface area contributed by atoms with Gasteiger partial charge in [0.05, 0.1) is 33.6 Å². The predicted molar refractivity (Wildman–Crippen MR) is 109 cm³/mol. The first-order valence-electron chi connectivity index (χ1n) is 8.73.